The van der Waals surface area contributed by atoms with E-state index in [2.05, 4.69) is 0 Å². The normalized spacial score (nSPS) is 20.4. The van der Waals surface area contributed by atoms with Gasteiger partial charge in [0, 0.05) is 19.0 Å². The SMILES string of the molecule is CC(C)Oc1ccc(S(=O)(=O)N2C[C@@H](CN)[C@H](c3ccccc3)C2)cc1.Cl. The topological polar surface area (TPSA) is 72.6 Å². The van der Waals surface area contributed by atoms with Crippen molar-refractivity contribution >= 4 is 22.4 Å². The molecule has 5 nitrogen and oxygen atoms in total. The van der Waals surface area contributed by atoms with E-state index in [9.17, 15) is 8.42 Å². The van der Waals surface area contributed by atoms with Crippen molar-refractivity contribution in [2.24, 2.45) is 11.7 Å². The van der Waals surface area contributed by atoms with Crippen LogP contribution >= 0.6 is 12.4 Å². The fraction of sp³-hybridized carbons (Fsp3) is 0.400. The second-order valence-electron chi connectivity index (χ2n) is 6.97. The van der Waals surface area contributed by atoms with Crippen molar-refractivity contribution < 1.29 is 13.2 Å². The van der Waals surface area contributed by atoms with E-state index in [0.29, 0.717) is 25.4 Å². The highest BCUT2D eigenvalue weighted by Crippen LogP contribution is 2.35. The van der Waals surface area contributed by atoms with E-state index in [1.807, 2.05) is 44.2 Å². The molecule has 1 saturated heterocycles. The van der Waals surface area contributed by atoms with Gasteiger partial charge in [-0.2, -0.15) is 4.31 Å². The van der Waals surface area contributed by atoms with Crippen molar-refractivity contribution in [3.8, 4) is 5.75 Å². The fourth-order valence-electron chi connectivity index (χ4n) is 3.46. The second kappa shape index (κ2) is 9.06. The van der Waals surface area contributed by atoms with Gasteiger partial charge in [0.25, 0.3) is 0 Å². The van der Waals surface area contributed by atoms with Crippen molar-refractivity contribution in [1.29, 1.82) is 0 Å². The number of rotatable bonds is 6. The van der Waals surface area contributed by atoms with E-state index < -0.39 is 10.0 Å². The molecule has 2 atom stereocenters. The Morgan fingerprint density at radius 3 is 2.26 bits per heavy atom. The van der Waals surface area contributed by atoms with Crippen LogP contribution < -0.4 is 10.5 Å². The zero-order chi connectivity index (χ0) is 18.7. The first kappa shape index (κ1) is 21.7. The Morgan fingerprint density at radius 1 is 1.07 bits per heavy atom. The average Bonchev–Trinajstić information content (AvgIpc) is 3.08. The summed E-state index contributed by atoms with van der Waals surface area (Å²) in [5.74, 6) is 0.914. The summed E-state index contributed by atoms with van der Waals surface area (Å²) < 4.78 is 33.2. The molecule has 0 saturated carbocycles. The van der Waals surface area contributed by atoms with E-state index in [-0.39, 0.29) is 35.2 Å². The molecule has 1 aliphatic rings. The minimum absolute atomic E-state index is 0. The van der Waals surface area contributed by atoms with Gasteiger partial charge in [-0.3, -0.25) is 0 Å². The van der Waals surface area contributed by atoms with Crippen molar-refractivity contribution in [2.75, 3.05) is 19.6 Å². The zero-order valence-corrected chi connectivity index (χ0v) is 17.2. The maximum atomic E-state index is 13.1. The largest absolute Gasteiger partial charge is 0.491 e. The van der Waals surface area contributed by atoms with Gasteiger partial charge in [-0.15, -0.1) is 12.4 Å². The summed E-state index contributed by atoms with van der Waals surface area (Å²) in [5.41, 5.74) is 7.07. The minimum atomic E-state index is -3.55. The highest BCUT2D eigenvalue weighted by Gasteiger charge is 2.39. The molecule has 1 aliphatic heterocycles. The highest BCUT2D eigenvalue weighted by atomic mass is 35.5. The van der Waals surface area contributed by atoms with Crippen LogP contribution in [0.5, 0.6) is 5.75 Å². The van der Waals surface area contributed by atoms with Crippen molar-refractivity contribution in [3.05, 3.63) is 60.2 Å². The van der Waals surface area contributed by atoms with E-state index in [0.717, 1.165) is 5.56 Å². The molecule has 0 aliphatic carbocycles. The van der Waals surface area contributed by atoms with Crippen LogP contribution in [0.3, 0.4) is 0 Å². The molecule has 0 spiro atoms. The quantitative estimate of drug-likeness (QED) is 0.793. The Hall–Kier alpha value is -1.60. The maximum absolute atomic E-state index is 13.1. The van der Waals surface area contributed by atoms with Crippen LogP contribution in [0.2, 0.25) is 0 Å². The summed E-state index contributed by atoms with van der Waals surface area (Å²) in [7, 11) is -3.55. The Bertz CT molecular complexity index is 826. The molecule has 0 unspecified atom stereocenters. The molecule has 0 amide bonds. The molecule has 1 heterocycles. The molecule has 1 fully saturated rings. The molecular weight excluding hydrogens is 384 g/mol. The molecule has 148 valence electrons. The number of benzene rings is 2. The van der Waals surface area contributed by atoms with Crippen molar-refractivity contribution in [3.63, 3.8) is 0 Å². The van der Waals surface area contributed by atoms with Gasteiger partial charge >= 0.3 is 0 Å². The fourth-order valence-corrected chi connectivity index (χ4v) is 4.98. The molecule has 0 radical (unpaired) electrons. The Labute approximate surface area is 168 Å². The predicted octanol–water partition coefficient (Wildman–Crippen LogP) is 3.26. The van der Waals surface area contributed by atoms with Crippen molar-refractivity contribution in [2.45, 2.75) is 30.8 Å². The lowest BCUT2D eigenvalue weighted by molar-refractivity contribution is 0.242. The Balaban J connectivity index is 0.00000261. The first-order valence-corrected chi connectivity index (χ1v) is 10.4. The Kier molecular flexibility index (Phi) is 7.28. The standard InChI is InChI=1S/C20H26N2O3S.ClH/c1-15(2)25-18-8-10-19(11-9-18)26(23,24)22-13-17(12-21)20(14-22)16-6-4-3-5-7-16;/h3-11,15,17,20H,12-14,21H2,1-2H3;1H/t17-,20+;/m1./s1. The van der Waals surface area contributed by atoms with Crippen LogP contribution in [0.25, 0.3) is 0 Å². The minimum Gasteiger partial charge on any atom is -0.491 e. The number of sulfonamides is 1. The number of hydrogen-bond donors (Lipinski definition) is 1. The van der Waals surface area contributed by atoms with Gasteiger partial charge in [0.2, 0.25) is 10.0 Å². The van der Waals surface area contributed by atoms with Crippen LogP contribution in [0.4, 0.5) is 0 Å². The third-order valence-corrected chi connectivity index (χ3v) is 6.62. The van der Waals surface area contributed by atoms with Crippen LogP contribution in [0.15, 0.2) is 59.5 Å². The first-order valence-electron chi connectivity index (χ1n) is 8.93. The molecule has 3 rings (SSSR count). The maximum Gasteiger partial charge on any atom is 0.243 e. The van der Waals surface area contributed by atoms with Gasteiger partial charge in [0.05, 0.1) is 11.0 Å². The first-order chi connectivity index (χ1) is 12.4. The number of nitrogens with zero attached hydrogens (tertiary/aromatic N) is 1. The number of nitrogens with two attached hydrogens (primary N) is 1. The zero-order valence-electron chi connectivity index (χ0n) is 15.6. The van der Waals surface area contributed by atoms with Crippen LogP contribution in [0, 0.1) is 5.92 Å². The lowest BCUT2D eigenvalue weighted by atomic mass is 9.89. The number of ether oxygens (including phenoxy) is 1. The van der Waals surface area contributed by atoms with E-state index in [1.165, 1.54) is 0 Å². The van der Waals surface area contributed by atoms with E-state index in [1.54, 1.807) is 28.6 Å². The van der Waals surface area contributed by atoms with Crippen LogP contribution in [-0.4, -0.2) is 38.5 Å². The number of hydrogen-bond acceptors (Lipinski definition) is 4. The average molecular weight is 411 g/mol. The van der Waals surface area contributed by atoms with E-state index in [4.69, 9.17) is 10.5 Å². The van der Waals surface area contributed by atoms with Gasteiger partial charge in [0.15, 0.2) is 0 Å². The lowest BCUT2D eigenvalue weighted by Gasteiger charge is -2.17. The molecule has 2 aromatic carbocycles. The summed E-state index contributed by atoms with van der Waals surface area (Å²) in [5, 5.41) is 0. The molecular formula is C20H27ClN2O3S. The molecule has 27 heavy (non-hydrogen) atoms. The third-order valence-electron chi connectivity index (χ3n) is 4.77. The smallest absolute Gasteiger partial charge is 0.243 e. The Morgan fingerprint density at radius 2 is 1.70 bits per heavy atom. The summed E-state index contributed by atoms with van der Waals surface area (Å²) in [6, 6.07) is 16.6. The monoisotopic (exact) mass is 410 g/mol. The van der Waals surface area contributed by atoms with E-state index >= 15 is 0 Å². The molecule has 7 heteroatoms. The second-order valence-corrected chi connectivity index (χ2v) is 8.91. The van der Waals surface area contributed by atoms with Gasteiger partial charge in [-0.05, 0) is 56.1 Å². The van der Waals surface area contributed by atoms with Gasteiger partial charge in [-0.1, -0.05) is 30.3 Å². The van der Waals surface area contributed by atoms with Gasteiger partial charge in [-0.25, -0.2) is 8.42 Å². The van der Waals surface area contributed by atoms with Crippen molar-refractivity contribution in [1.82, 2.24) is 4.31 Å². The molecule has 2 aromatic rings. The van der Waals surface area contributed by atoms with Crippen LogP contribution in [0.1, 0.15) is 25.3 Å². The van der Waals surface area contributed by atoms with Gasteiger partial charge < -0.3 is 10.5 Å². The number of halogens is 1. The summed E-state index contributed by atoms with van der Waals surface area (Å²) >= 11 is 0. The summed E-state index contributed by atoms with van der Waals surface area (Å²) in [4.78, 5) is 0.290. The lowest BCUT2D eigenvalue weighted by Crippen LogP contribution is -2.30. The van der Waals surface area contributed by atoms with Gasteiger partial charge in [0.1, 0.15) is 5.75 Å². The summed E-state index contributed by atoms with van der Waals surface area (Å²) in [6.45, 7) is 5.24. The molecule has 0 bridgehead atoms. The van der Waals surface area contributed by atoms with Crippen LogP contribution in [-0.2, 0) is 10.0 Å². The highest BCUT2D eigenvalue weighted by molar-refractivity contribution is 7.89. The predicted molar refractivity (Wildman–Crippen MR) is 110 cm³/mol. The summed E-state index contributed by atoms with van der Waals surface area (Å²) in [6.07, 6.45) is 0.0491. The molecule has 0 aromatic heterocycles. The third kappa shape index (κ3) is 4.82. The molecule has 2 N–H and O–H groups in total.